The van der Waals surface area contributed by atoms with Crippen molar-refractivity contribution in [1.82, 2.24) is 4.98 Å². The molecule has 0 unspecified atom stereocenters. The van der Waals surface area contributed by atoms with E-state index in [9.17, 15) is 0 Å². The van der Waals surface area contributed by atoms with E-state index in [2.05, 4.69) is 55.0 Å². The van der Waals surface area contributed by atoms with E-state index in [1.165, 1.54) is 10.9 Å². The van der Waals surface area contributed by atoms with Crippen molar-refractivity contribution in [3.05, 3.63) is 40.5 Å². The van der Waals surface area contributed by atoms with Crippen LogP contribution < -0.4 is 0 Å². The first-order valence-electron chi connectivity index (χ1n) is 3.90. The fourth-order valence-electron chi connectivity index (χ4n) is 1.24. The van der Waals surface area contributed by atoms with Crippen molar-refractivity contribution in [2.75, 3.05) is 0 Å². The molecule has 1 aromatic carbocycles. The fraction of sp³-hybridized carbons (Fsp3) is 0.100. The van der Waals surface area contributed by atoms with Crippen molar-refractivity contribution in [2.24, 2.45) is 0 Å². The van der Waals surface area contributed by atoms with Crippen LogP contribution in [0.15, 0.2) is 34.9 Å². The van der Waals surface area contributed by atoms with Crippen LogP contribution in [-0.2, 0) is 5.33 Å². The highest BCUT2D eigenvalue weighted by atomic mass is 79.9. The number of hydrogen-bond donors (Lipinski definition) is 0. The van der Waals surface area contributed by atoms with Crippen molar-refractivity contribution in [1.29, 1.82) is 0 Å². The largest absolute Gasteiger partial charge is 0.256 e. The first-order valence-corrected chi connectivity index (χ1v) is 5.82. The summed E-state index contributed by atoms with van der Waals surface area (Å²) in [4.78, 5) is 4.29. The van der Waals surface area contributed by atoms with Gasteiger partial charge in [0.1, 0.15) is 0 Å². The monoisotopic (exact) mass is 299 g/mol. The van der Waals surface area contributed by atoms with Gasteiger partial charge in [0.15, 0.2) is 0 Å². The highest BCUT2D eigenvalue weighted by Crippen LogP contribution is 2.24. The Hall–Kier alpha value is -0.410. The van der Waals surface area contributed by atoms with Crippen LogP contribution in [0.5, 0.6) is 0 Å². The maximum atomic E-state index is 4.29. The van der Waals surface area contributed by atoms with Gasteiger partial charge in [0.25, 0.3) is 0 Å². The standard InChI is InChI=1S/C10H7Br2N/c11-6-8-5-10-7(4-9(8)12)2-1-3-13-10/h1-5H,6H2. The second kappa shape index (κ2) is 3.76. The number of rotatable bonds is 1. The average molecular weight is 301 g/mol. The summed E-state index contributed by atoms with van der Waals surface area (Å²) in [5.74, 6) is 0. The van der Waals surface area contributed by atoms with Crippen LogP contribution in [0, 0.1) is 0 Å². The Kier molecular flexibility index (Phi) is 2.65. The topological polar surface area (TPSA) is 12.9 Å². The highest BCUT2D eigenvalue weighted by Gasteiger charge is 2.01. The van der Waals surface area contributed by atoms with Crippen LogP contribution >= 0.6 is 31.9 Å². The zero-order valence-electron chi connectivity index (χ0n) is 6.80. The molecule has 0 spiro atoms. The molecule has 1 heterocycles. The Bertz CT molecular complexity index is 440. The lowest BCUT2D eigenvalue weighted by Crippen LogP contribution is -1.83. The second-order valence-electron chi connectivity index (χ2n) is 2.77. The minimum absolute atomic E-state index is 0.847. The molecule has 0 N–H and O–H groups in total. The summed E-state index contributed by atoms with van der Waals surface area (Å²) < 4.78 is 1.13. The molecule has 2 rings (SSSR count). The third-order valence-corrected chi connectivity index (χ3v) is 3.26. The normalized spacial score (nSPS) is 10.6. The zero-order valence-corrected chi connectivity index (χ0v) is 9.97. The smallest absolute Gasteiger partial charge is 0.0705 e. The molecule has 0 saturated heterocycles. The maximum absolute atomic E-state index is 4.29. The summed E-state index contributed by atoms with van der Waals surface area (Å²) in [6.45, 7) is 0. The molecule has 0 fully saturated rings. The van der Waals surface area contributed by atoms with Gasteiger partial charge in [-0.05, 0) is 23.8 Å². The number of alkyl halides is 1. The van der Waals surface area contributed by atoms with Crippen molar-refractivity contribution in [3.8, 4) is 0 Å². The van der Waals surface area contributed by atoms with Crippen LogP contribution in [0.3, 0.4) is 0 Å². The quantitative estimate of drug-likeness (QED) is 0.728. The lowest BCUT2D eigenvalue weighted by Gasteiger charge is -2.02. The summed E-state index contributed by atoms with van der Waals surface area (Å²) in [6, 6.07) is 8.20. The number of benzene rings is 1. The first-order chi connectivity index (χ1) is 6.31. The van der Waals surface area contributed by atoms with E-state index >= 15 is 0 Å². The highest BCUT2D eigenvalue weighted by molar-refractivity contribution is 9.10. The van der Waals surface area contributed by atoms with Gasteiger partial charge in [0.2, 0.25) is 0 Å². The minimum Gasteiger partial charge on any atom is -0.256 e. The van der Waals surface area contributed by atoms with Crippen LogP contribution in [0.1, 0.15) is 5.56 Å². The molecule has 0 bridgehead atoms. The van der Waals surface area contributed by atoms with Gasteiger partial charge in [0.05, 0.1) is 5.52 Å². The predicted molar refractivity (Wildman–Crippen MR) is 62.1 cm³/mol. The minimum atomic E-state index is 0.847. The summed E-state index contributed by atoms with van der Waals surface area (Å²) in [5.41, 5.74) is 2.27. The second-order valence-corrected chi connectivity index (χ2v) is 4.19. The van der Waals surface area contributed by atoms with Crippen LogP contribution in [-0.4, -0.2) is 4.98 Å². The SMILES string of the molecule is BrCc1cc2ncccc2cc1Br. The molecule has 3 heteroatoms. The summed E-state index contributed by atoms with van der Waals surface area (Å²) in [6.07, 6.45) is 1.81. The van der Waals surface area contributed by atoms with Gasteiger partial charge in [-0.3, -0.25) is 4.98 Å². The molecule has 13 heavy (non-hydrogen) atoms. The Morgan fingerprint density at radius 1 is 1.31 bits per heavy atom. The van der Waals surface area contributed by atoms with E-state index in [0.717, 1.165) is 15.3 Å². The van der Waals surface area contributed by atoms with Gasteiger partial charge in [-0.2, -0.15) is 0 Å². The molecule has 0 aliphatic rings. The number of pyridine rings is 1. The van der Waals surface area contributed by atoms with E-state index in [4.69, 9.17) is 0 Å². The Morgan fingerprint density at radius 3 is 2.92 bits per heavy atom. The number of hydrogen-bond acceptors (Lipinski definition) is 1. The molecule has 0 radical (unpaired) electrons. The van der Waals surface area contributed by atoms with E-state index in [1.807, 2.05) is 12.3 Å². The van der Waals surface area contributed by atoms with E-state index in [1.54, 1.807) is 0 Å². The average Bonchev–Trinajstić information content (AvgIpc) is 2.17. The molecule has 2 aromatic rings. The first kappa shape index (κ1) is 9.16. The molecule has 0 aliphatic carbocycles. The van der Waals surface area contributed by atoms with Crippen LogP contribution in [0.25, 0.3) is 10.9 Å². The number of nitrogens with zero attached hydrogens (tertiary/aromatic N) is 1. The third kappa shape index (κ3) is 1.76. The zero-order chi connectivity index (χ0) is 9.26. The van der Waals surface area contributed by atoms with Crippen molar-refractivity contribution >= 4 is 42.8 Å². The molecular weight excluding hydrogens is 294 g/mol. The van der Waals surface area contributed by atoms with Crippen molar-refractivity contribution < 1.29 is 0 Å². The number of aromatic nitrogens is 1. The Morgan fingerprint density at radius 2 is 2.15 bits per heavy atom. The van der Waals surface area contributed by atoms with Gasteiger partial charge in [-0.15, -0.1) is 0 Å². The summed E-state index contributed by atoms with van der Waals surface area (Å²) in [7, 11) is 0. The predicted octanol–water partition coefficient (Wildman–Crippen LogP) is 3.89. The molecule has 1 nitrogen and oxygen atoms in total. The van der Waals surface area contributed by atoms with Gasteiger partial charge < -0.3 is 0 Å². The lowest BCUT2D eigenvalue weighted by atomic mass is 10.1. The van der Waals surface area contributed by atoms with Crippen molar-refractivity contribution in [2.45, 2.75) is 5.33 Å². The van der Waals surface area contributed by atoms with E-state index in [0.29, 0.717) is 0 Å². The lowest BCUT2D eigenvalue weighted by molar-refractivity contribution is 1.36. The van der Waals surface area contributed by atoms with E-state index in [-0.39, 0.29) is 0 Å². The van der Waals surface area contributed by atoms with Crippen LogP contribution in [0.2, 0.25) is 0 Å². The maximum Gasteiger partial charge on any atom is 0.0705 e. The molecule has 66 valence electrons. The van der Waals surface area contributed by atoms with Gasteiger partial charge in [0, 0.05) is 21.4 Å². The van der Waals surface area contributed by atoms with Crippen molar-refractivity contribution in [3.63, 3.8) is 0 Å². The molecule has 0 atom stereocenters. The number of halogens is 2. The van der Waals surface area contributed by atoms with Gasteiger partial charge in [-0.1, -0.05) is 37.9 Å². The molecule has 0 saturated carbocycles. The molecule has 0 aliphatic heterocycles. The Labute approximate surface area is 93.4 Å². The molecule has 0 amide bonds. The fourth-order valence-corrected chi connectivity index (χ4v) is 2.58. The van der Waals surface area contributed by atoms with Gasteiger partial charge >= 0.3 is 0 Å². The third-order valence-electron chi connectivity index (χ3n) is 1.92. The van der Waals surface area contributed by atoms with E-state index < -0.39 is 0 Å². The van der Waals surface area contributed by atoms with Gasteiger partial charge in [-0.25, -0.2) is 0 Å². The molecule has 1 aromatic heterocycles. The number of fused-ring (bicyclic) bond motifs is 1. The molecular formula is C10H7Br2N. The summed E-state index contributed by atoms with van der Waals surface area (Å²) >= 11 is 6.96. The Balaban J connectivity index is 2.74. The van der Waals surface area contributed by atoms with Crippen LogP contribution in [0.4, 0.5) is 0 Å². The summed E-state index contributed by atoms with van der Waals surface area (Å²) in [5, 5.41) is 2.01.